The molecule has 0 bridgehead atoms. The molecule has 136 valence electrons. The first-order valence-corrected chi connectivity index (χ1v) is 7.72. The van der Waals surface area contributed by atoms with Gasteiger partial charge >= 0.3 is 17.1 Å². The number of nitrogens with zero attached hydrogens (tertiary/aromatic N) is 2. The Labute approximate surface area is 146 Å². The van der Waals surface area contributed by atoms with Crippen molar-refractivity contribution in [1.29, 1.82) is 0 Å². The lowest BCUT2D eigenvalue weighted by Crippen LogP contribution is -2.36. The van der Waals surface area contributed by atoms with E-state index in [0.717, 1.165) is 0 Å². The maximum absolute atomic E-state index is 12.9. The monoisotopic (exact) mass is 387 g/mol. The van der Waals surface area contributed by atoms with Crippen LogP contribution in [0.5, 0.6) is 0 Å². The van der Waals surface area contributed by atoms with Crippen molar-refractivity contribution in [3.05, 3.63) is 62.2 Å². The summed E-state index contributed by atoms with van der Waals surface area (Å²) in [4.78, 5) is 22.2. The number of aromatic nitrogens is 1. The van der Waals surface area contributed by atoms with Crippen LogP contribution in [0.25, 0.3) is 10.2 Å². The normalized spacial score (nSPS) is 11.7. The van der Waals surface area contributed by atoms with Gasteiger partial charge in [0.05, 0.1) is 23.3 Å². The van der Waals surface area contributed by atoms with Gasteiger partial charge in [0.25, 0.3) is 5.69 Å². The van der Waals surface area contributed by atoms with Gasteiger partial charge in [-0.1, -0.05) is 0 Å². The highest BCUT2D eigenvalue weighted by molar-refractivity contribution is 7.20. The molecule has 0 aliphatic rings. The number of benzene rings is 1. The minimum atomic E-state index is -4.88. The first-order valence-electron chi connectivity index (χ1n) is 6.90. The van der Waals surface area contributed by atoms with Crippen LogP contribution in [0, 0.1) is 15.3 Å². The van der Waals surface area contributed by atoms with Crippen LogP contribution >= 0.6 is 11.3 Å². The number of halogens is 3. The highest BCUT2D eigenvalue weighted by Gasteiger charge is 2.37. The maximum Gasteiger partial charge on any atom is 0.416 e. The van der Waals surface area contributed by atoms with Gasteiger partial charge in [0.1, 0.15) is 5.76 Å². The minimum Gasteiger partial charge on any atom is -0.617 e. The minimum absolute atomic E-state index is 0.0420. The third kappa shape index (κ3) is 3.18. The van der Waals surface area contributed by atoms with Crippen molar-refractivity contribution in [3.63, 3.8) is 0 Å². The van der Waals surface area contributed by atoms with Crippen molar-refractivity contribution in [2.75, 3.05) is 0 Å². The smallest absolute Gasteiger partial charge is 0.416 e. The number of nitrogens with one attached hydrogen (secondary N) is 1. The fourth-order valence-corrected chi connectivity index (χ4v) is 3.22. The molecule has 0 saturated heterocycles. The second-order valence-corrected chi connectivity index (χ2v) is 6.06. The van der Waals surface area contributed by atoms with Gasteiger partial charge < -0.3 is 14.9 Å². The van der Waals surface area contributed by atoms with Gasteiger partial charge in [0.2, 0.25) is 5.52 Å². The fourth-order valence-electron chi connectivity index (χ4n) is 2.20. The van der Waals surface area contributed by atoms with E-state index in [1.54, 1.807) is 12.1 Å². The molecule has 3 aromatic rings. The van der Waals surface area contributed by atoms with Crippen LogP contribution in [-0.2, 0) is 12.7 Å². The van der Waals surface area contributed by atoms with Crippen LogP contribution < -0.4 is 10.0 Å². The Kier molecular flexibility index (Phi) is 4.28. The molecule has 2 aromatic heterocycles. The number of nitro benzene ring substituents is 1. The molecule has 0 fully saturated rings. The number of hydrogen-bond donors (Lipinski definition) is 1. The number of hydrogen-bond acceptors (Lipinski definition) is 6. The second kappa shape index (κ2) is 6.29. The molecule has 1 aromatic carbocycles. The Morgan fingerprint density at radius 1 is 1.38 bits per heavy atom. The predicted molar refractivity (Wildman–Crippen MR) is 82.3 cm³/mol. The SMILES string of the molecule is O=C(NCc1ccco1)c1sc2c([N+](=O)[O-])cc(C(F)(F)F)cc2[n+]1[O-]. The first-order chi connectivity index (χ1) is 12.2. The molecule has 0 radical (unpaired) electrons. The lowest BCUT2D eigenvalue weighted by atomic mass is 10.2. The number of carbonyl (C=O) groups is 1. The molecular weight excluding hydrogens is 379 g/mol. The zero-order valence-electron chi connectivity index (χ0n) is 12.6. The van der Waals surface area contributed by atoms with Crippen molar-refractivity contribution in [2.45, 2.75) is 12.7 Å². The number of thiazole rings is 1. The average Bonchev–Trinajstić information content (AvgIpc) is 3.19. The van der Waals surface area contributed by atoms with E-state index in [-0.39, 0.29) is 16.0 Å². The summed E-state index contributed by atoms with van der Waals surface area (Å²) in [6.45, 7) is -0.0596. The van der Waals surface area contributed by atoms with E-state index in [4.69, 9.17) is 4.42 Å². The Hall–Kier alpha value is -3.15. The molecule has 2 heterocycles. The predicted octanol–water partition coefficient (Wildman–Crippen LogP) is 2.98. The van der Waals surface area contributed by atoms with Gasteiger partial charge in [-0.3, -0.25) is 14.9 Å². The molecule has 3 rings (SSSR count). The molecule has 0 spiro atoms. The van der Waals surface area contributed by atoms with E-state index in [1.165, 1.54) is 6.26 Å². The number of alkyl halides is 3. The largest absolute Gasteiger partial charge is 0.617 e. The summed E-state index contributed by atoms with van der Waals surface area (Å²) < 4.78 is 43.4. The summed E-state index contributed by atoms with van der Waals surface area (Å²) in [6, 6.07) is 3.96. The van der Waals surface area contributed by atoms with Crippen molar-refractivity contribution < 1.29 is 32.0 Å². The average molecular weight is 387 g/mol. The van der Waals surface area contributed by atoms with Crippen molar-refractivity contribution >= 4 is 33.1 Å². The summed E-state index contributed by atoms with van der Waals surface area (Å²) in [5.41, 5.74) is -2.84. The standard InChI is InChI=1S/C14H8F3N3O5S/c15-14(16,17)7-4-9-11(10(5-7)20(23)24)26-13(19(9)22)12(21)18-6-8-2-1-3-25-8/h1-5H,6H2,(H,18,21). The van der Waals surface area contributed by atoms with Gasteiger partial charge in [-0.15, -0.1) is 4.73 Å². The first kappa shape index (κ1) is 17.7. The van der Waals surface area contributed by atoms with Crippen LogP contribution in [0.3, 0.4) is 0 Å². The lowest BCUT2D eigenvalue weighted by molar-refractivity contribution is -0.574. The fraction of sp³-hybridized carbons (Fsp3) is 0.143. The number of nitro groups is 1. The van der Waals surface area contributed by atoms with E-state index in [0.29, 0.717) is 29.2 Å². The van der Waals surface area contributed by atoms with Crippen LogP contribution in [0.4, 0.5) is 18.9 Å². The zero-order valence-corrected chi connectivity index (χ0v) is 13.4. The number of furan rings is 1. The van der Waals surface area contributed by atoms with E-state index in [1.807, 2.05) is 0 Å². The van der Waals surface area contributed by atoms with Crippen LogP contribution in [0.2, 0.25) is 0 Å². The van der Waals surface area contributed by atoms with Gasteiger partial charge in [-0.05, 0) is 23.5 Å². The van der Waals surface area contributed by atoms with Crippen molar-refractivity contribution in [3.8, 4) is 0 Å². The number of amides is 1. The Bertz CT molecular complexity index is 998. The molecule has 1 amide bonds. The van der Waals surface area contributed by atoms with Crippen LogP contribution in [0.15, 0.2) is 34.9 Å². The molecule has 0 aliphatic heterocycles. The zero-order chi connectivity index (χ0) is 19.1. The third-order valence-electron chi connectivity index (χ3n) is 3.37. The van der Waals surface area contributed by atoms with Crippen molar-refractivity contribution in [1.82, 2.24) is 5.32 Å². The van der Waals surface area contributed by atoms with Crippen molar-refractivity contribution in [2.24, 2.45) is 0 Å². The summed E-state index contributed by atoms with van der Waals surface area (Å²) >= 11 is 0.442. The summed E-state index contributed by atoms with van der Waals surface area (Å²) in [6.07, 6.45) is -3.51. The molecule has 26 heavy (non-hydrogen) atoms. The van der Waals surface area contributed by atoms with E-state index in [9.17, 15) is 33.3 Å². The van der Waals surface area contributed by atoms with Gasteiger partial charge in [-0.25, -0.2) is 0 Å². The van der Waals surface area contributed by atoms with E-state index >= 15 is 0 Å². The Morgan fingerprint density at radius 2 is 2.12 bits per heavy atom. The van der Waals surface area contributed by atoms with Crippen LogP contribution in [0.1, 0.15) is 21.1 Å². The maximum atomic E-state index is 12.9. The summed E-state index contributed by atoms with van der Waals surface area (Å²) in [7, 11) is 0. The van der Waals surface area contributed by atoms with Gasteiger partial charge in [0, 0.05) is 12.1 Å². The summed E-state index contributed by atoms with van der Waals surface area (Å²) in [5.74, 6) is -0.497. The van der Waals surface area contributed by atoms with Gasteiger partial charge in [0.15, 0.2) is 4.70 Å². The topological polar surface area (TPSA) is 112 Å². The van der Waals surface area contributed by atoms with Gasteiger partial charge in [-0.2, -0.15) is 13.2 Å². The second-order valence-electron chi connectivity index (χ2n) is 5.06. The molecule has 8 nitrogen and oxygen atoms in total. The quantitative estimate of drug-likeness (QED) is 0.320. The summed E-state index contributed by atoms with van der Waals surface area (Å²) in [5, 5.41) is 25.2. The molecule has 0 aliphatic carbocycles. The highest BCUT2D eigenvalue weighted by Crippen LogP contribution is 2.37. The van der Waals surface area contributed by atoms with E-state index in [2.05, 4.69) is 5.32 Å². The molecular formula is C14H8F3N3O5S. The molecule has 0 saturated carbocycles. The highest BCUT2D eigenvalue weighted by atomic mass is 32.1. The Morgan fingerprint density at radius 3 is 2.69 bits per heavy atom. The lowest BCUT2D eigenvalue weighted by Gasteiger charge is -2.05. The Balaban J connectivity index is 2.05. The third-order valence-corrected chi connectivity index (χ3v) is 4.54. The van der Waals surface area contributed by atoms with Crippen LogP contribution in [-0.4, -0.2) is 10.8 Å². The molecule has 12 heteroatoms. The molecule has 0 unspecified atom stereocenters. The van der Waals surface area contributed by atoms with E-state index < -0.39 is 38.8 Å². The number of non-ortho nitro benzene ring substituents is 1. The number of carbonyl (C=O) groups excluding carboxylic acids is 1. The molecule has 0 atom stereocenters. The number of fused-ring (bicyclic) bond motifs is 1. The number of rotatable bonds is 4. The molecule has 1 N–H and O–H groups in total.